The van der Waals surface area contributed by atoms with Gasteiger partial charge in [0.2, 0.25) is 5.91 Å². The summed E-state index contributed by atoms with van der Waals surface area (Å²) in [5, 5.41) is 22.4. The third-order valence-corrected chi connectivity index (χ3v) is 7.47. The van der Waals surface area contributed by atoms with E-state index in [1.165, 1.54) is 0 Å². The number of rotatable bonds is 5. The zero-order valence-electron chi connectivity index (χ0n) is 19.0. The van der Waals surface area contributed by atoms with Gasteiger partial charge in [0.25, 0.3) is 0 Å². The fourth-order valence-corrected chi connectivity index (χ4v) is 6.08. The Kier molecular flexibility index (Phi) is 5.92. The van der Waals surface area contributed by atoms with Crippen LogP contribution in [0, 0.1) is 23.7 Å². The number of amides is 1. The van der Waals surface area contributed by atoms with E-state index in [1.54, 1.807) is 31.1 Å². The molecule has 1 aromatic rings. The molecule has 3 aliphatic rings. The SMILES string of the molecule is CCCOc1cccc2c1C(=O)C1C(=O)[C@@]3(O)C(=O)C(C(N)=O)C(O)[C@H](N(C)C)[C@H]3C[C@H]1C2. The third-order valence-electron chi connectivity index (χ3n) is 7.47. The van der Waals surface area contributed by atoms with Crippen LogP contribution >= 0.6 is 0 Å². The summed E-state index contributed by atoms with van der Waals surface area (Å²) in [5.74, 6) is -7.66. The molecule has 0 bridgehead atoms. The number of Topliss-reactive ketones (excluding diaryl/α,β-unsaturated/α-hetero) is 3. The molecule has 2 fully saturated rings. The molecule has 0 aliphatic heterocycles. The van der Waals surface area contributed by atoms with E-state index >= 15 is 0 Å². The maximum absolute atomic E-state index is 13.7. The van der Waals surface area contributed by atoms with Crippen molar-refractivity contribution >= 4 is 23.3 Å². The maximum atomic E-state index is 13.7. The zero-order chi connectivity index (χ0) is 24.2. The first kappa shape index (κ1) is 23.5. The van der Waals surface area contributed by atoms with Gasteiger partial charge in [0.15, 0.2) is 23.0 Å². The van der Waals surface area contributed by atoms with E-state index in [4.69, 9.17) is 10.5 Å². The monoisotopic (exact) mass is 458 g/mol. The second-order valence-corrected chi connectivity index (χ2v) is 9.61. The Morgan fingerprint density at radius 1 is 1.24 bits per heavy atom. The van der Waals surface area contributed by atoms with Gasteiger partial charge in [-0.25, -0.2) is 0 Å². The first-order valence-corrected chi connectivity index (χ1v) is 11.3. The summed E-state index contributed by atoms with van der Waals surface area (Å²) in [6.07, 6.45) is -0.173. The Bertz CT molecular complexity index is 1020. The van der Waals surface area contributed by atoms with Crippen LogP contribution in [0.4, 0.5) is 0 Å². The van der Waals surface area contributed by atoms with E-state index in [1.807, 2.05) is 13.0 Å². The average molecular weight is 459 g/mol. The van der Waals surface area contributed by atoms with Crippen molar-refractivity contribution in [3.8, 4) is 5.75 Å². The van der Waals surface area contributed by atoms with Gasteiger partial charge in [0.1, 0.15) is 11.7 Å². The normalized spacial score (nSPS) is 35.6. The molecule has 4 N–H and O–H groups in total. The van der Waals surface area contributed by atoms with Gasteiger partial charge in [-0.05, 0) is 50.9 Å². The summed E-state index contributed by atoms with van der Waals surface area (Å²) >= 11 is 0. The lowest BCUT2D eigenvalue weighted by molar-refractivity contribution is -0.190. The highest BCUT2D eigenvalue weighted by Crippen LogP contribution is 2.51. The molecular formula is C24H30N2O7. The number of ketones is 3. The number of hydrogen-bond acceptors (Lipinski definition) is 8. The molecular weight excluding hydrogens is 428 g/mol. The van der Waals surface area contributed by atoms with E-state index in [-0.39, 0.29) is 6.42 Å². The van der Waals surface area contributed by atoms with E-state index in [9.17, 15) is 29.4 Å². The van der Waals surface area contributed by atoms with Gasteiger partial charge >= 0.3 is 0 Å². The summed E-state index contributed by atoms with van der Waals surface area (Å²) in [7, 11) is 3.27. The fourth-order valence-electron chi connectivity index (χ4n) is 6.08. The quantitative estimate of drug-likeness (QED) is 0.512. The van der Waals surface area contributed by atoms with Crippen LogP contribution < -0.4 is 10.5 Å². The van der Waals surface area contributed by atoms with Gasteiger partial charge in [-0.15, -0.1) is 0 Å². The molecule has 4 rings (SSSR count). The lowest BCUT2D eigenvalue weighted by atomic mass is 9.52. The number of benzene rings is 1. The van der Waals surface area contributed by atoms with Crippen molar-refractivity contribution in [2.45, 2.75) is 43.9 Å². The molecule has 2 saturated carbocycles. The molecule has 0 spiro atoms. The Hall–Kier alpha value is -2.62. The number of carbonyl (C=O) groups excluding carboxylic acids is 4. The van der Waals surface area contributed by atoms with Gasteiger partial charge in [0.05, 0.1) is 24.2 Å². The molecule has 0 radical (unpaired) electrons. The highest BCUT2D eigenvalue weighted by Gasteiger charge is 2.69. The average Bonchev–Trinajstić information content (AvgIpc) is 2.74. The molecule has 1 aromatic carbocycles. The Labute approximate surface area is 191 Å². The molecule has 0 heterocycles. The van der Waals surface area contributed by atoms with Gasteiger partial charge < -0.3 is 25.6 Å². The number of ether oxygens (including phenoxy) is 1. The highest BCUT2D eigenvalue weighted by molar-refractivity contribution is 6.25. The molecule has 3 aliphatic carbocycles. The topological polar surface area (TPSA) is 147 Å². The number of likely N-dealkylation sites (N-methyl/N-ethyl adjacent to an activating group) is 1. The second-order valence-electron chi connectivity index (χ2n) is 9.61. The van der Waals surface area contributed by atoms with Crippen molar-refractivity contribution in [3.05, 3.63) is 29.3 Å². The molecule has 0 saturated heterocycles. The minimum Gasteiger partial charge on any atom is -0.493 e. The number of nitrogens with two attached hydrogens (primary N) is 1. The standard InChI is InChI=1S/C24H30N2O7/c1-4-8-33-14-7-5-6-11-9-12-10-13-18(26(2)3)20(28)17(23(25)31)22(30)24(13,32)21(29)16(12)19(27)15(11)14/h5-7,12-13,16-18,20,28,32H,4,8-10H2,1-3H3,(H2,25,31)/t12-,13-,16?,17?,18-,20?,24-/m1/s1. The lowest BCUT2D eigenvalue weighted by Crippen LogP contribution is -2.75. The summed E-state index contributed by atoms with van der Waals surface area (Å²) in [6, 6.07) is 4.42. The van der Waals surface area contributed by atoms with Crippen LogP contribution in [0.1, 0.15) is 35.7 Å². The summed E-state index contributed by atoms with van der Waals surface area (Å²) in [6.45, 7) is 2.34. The Morgan fingerprint density at radius 3 is 2.55 bits per heavy atom. The number of fused-ring (bicyclic) bond motifs is 3. The third kappa shape index (κ3) is 3.33. The maximum Gasteiger partial charge on any atom is 0.230 e. The van der Waals surface area contributed by atoms with Crippen LogP contribution in [0.5, 0.6) is 5.75 Å². The van der Waals surface area contributed by atoms with Gasteiger partial charge in [-0.3, -0.25) is 19.2 Å². The molecule has 0 aromatic heterocycles. The summed E-state index contributed by atoms with van der Waals surface area (Å²) in [4.78, 5) is 54.2. The Balaban J connectivity index is 1.81. The van der Waals surface area contributed by atoms with Gasteiger partial charge in [-0.1, -0.05) is 19.1 Å². The number of carbonyl (C=O) groups is 4. The molecule has 1 amide bonds. The second kappa shape index (κ2) is 8.30. The van der Waals surface area contributed by atoms with Crippen molar-refractivity contribution in [2.24, 2.45) is 29.4 Å². The number of nitrogens with zero attached hydrogens (tertiary/aromatic N) is 1. The lowest BCUT2D eigenvalue weighted by Gasteiger charge is -2.54. The van der Waals surface area contributed by atoms with Crippen molar-refractivity contribution < 1.29 is 34.1 Å². The number of aliphatic hydroxyl groups excluding tert-OH is 1. The predicted octanol–water partition coefficient (Wildman–Crippen LogP) is -0.258. The largest absolute Gasteiger partial charge is 0.493 e. The summed E-state index contributed by atoms with van der Waals surface area (Å²) in [5.41, 5.74) is 3.86. The van der Waals surface area contributed by atoms with Crippen molar-refractivity contribution in [3.63, 3.8) is 0 Å². The van der Waals surface area contributed by atoms with E-state index in [0.29, 0.717) is 24.3 Å². The molecule has 9 heteroatoms. The molecule has 3 unspecified atom stereocenters. The van der Waals surface area contributed by atoms with Crippen LogP contribution in [-0.2, 0) is 20.8 Å². The van der Waals surface area contributed by atoms with Crippen LogP contribution in [0.25, 0.3) is 0 Å². The minimum atomic E-state index is -2.58. The summed E-state index contributed by atoms with van der Waals surface area (Å²) < 4.78 is 5.74. The van der Waals surface area contributed by atoms with Crippen LogP contribution in [0.3, 0.4) is 0 Å². The van der Waals surface area contributed by atoms with E-state index in [2.05, 4.69) is 0 Å². The van der Waals surface area contributed by atoms with Crippen molar-refractivity contribution in [1.82, 2.24) is 4.90 Å². The minimum absolute atomic E-state index is 0.162. The smallest absolute Gasteiger partial charge is 0.230 e. The van der Waals surface area contributed by atoms with Gasteiger partial charge in [-0.2, -0.15) is 0 Å². The molecule has 7 atom stereocenters. The first-order chi connectivity index (χ1) is 15.5. The zero-order valence-corrected chi connectivity index (χ0v) is 19.0. The van der Waals surface area contributed by atoms with E-state index in [0.717, 1.165) is 12.0 Å². The predicted molar refractivity (Wildman–Crippen MR) is 116 cm³/mol. The van der Waals surface area contributed by atoms with Crippen LogP contribution in [0.2, 0.25) is 0 Å². The van der Waals surface area contributed by atoms with E-state index < -0.39 is 64.7 Å². The number of aliphatic hydroxyl groups is 2. The molecule has 178 valence electrons. The van der Waals surface area contributed by atoms with Crippen LogP contribution in [0.15, 0.2) is 18.2 Å². The Morgan fingerprint density at radius 2 is 1.94 bits per heavy atom. The van der Waals surface area contributed by atoms with Crippen molar-refractivity contribution in [1.29, 1.82) is 0 Å². The first-order valence-electron chi connectivity index (χ1n) is 11.3. The fraction of sp³-hybridized carbons (Fsp3) is 0.583. The molecule has 9 nitrogen and oxygen atoms in total. The number of hydrogen-bond donors (Lipinski definition) is 3. The van der Waals surface area contributed by atoms with Gasteiger partial charge in [0, 0.05) is 12.0 Å². The van der Waals surface area contributed by atoms with Crippen LogP contribution in [-0.4, -0.2) is 76.8 Å². The van der Waals surface area contributed by atoms with Crippen molar-refractivity contribution in [2.75, 3.05) is 20.7 Å². The molecule has 33 heavy (non-hydrogen) atoms. The highest BCUT2D eigenvalue weighted by atomic mass is 16.5. The number of primary amides is 1.